The van der Waals surface area contributed by atoms with Gasteiger partial charge in [-0.15, -0.1) is 0 Å². The summed E-state index contributed by atoms with van der Waals surface area (Å²) in [5.41, 5.74) is 6.89. The minimum atomic E-state index is -0.471. The van der Waals surface area contributed by atoms with Crippen molar-refractivity contribution in [2.75, 3.05) is 18.5 Å². The third kappa shape index (κ3) is 5.57. The van der Waals surface area contributed by atoms with Crippen LogP contribution >= 0.6 is 23.4 Å². The zero-order chi connectivity index (χ0) is 18.8. The number of carbonyl (C=O) groups excluding carboxylic acids is 1. The molecule has 134 valence electrons. The smallest absolute Gasteiger partial charge is 0.248 e. The number of primary amides is 1. The predicted molar refractivity (Wildman–Crippen MR) is 101 cm³/mol. The molecule has 0 spiro atoms. The number of anilines is 1. The van der Waals surface area contributed by atoms with E-state index in [0.717, 1.165) is 17.0 Å². The number of aryl methyl sites for hydroxylation is 1. The molecule has 0 unspecified atom stereocenters. The van der Waals surface area contributed by atoms with Crippen molar-refractivity contribution in [3.63, 3.8) is 0 Å². The fourth-order valence-corrected chi connectivity index (χ4v) is 3.36. The lowest BCUT2D eigenvalue weighted by molar-refractivity contribution is 0.1000. The molecule has 1 aromatic heterocycles. The van der Waals surface area contributed by atoms with Gasteiger partial charge in [0.2, 0.25) is 17.1 Å². The molecule has 0 radical (unpaired) electrons. The van der Waals surface area contributed by atoms with Crippen molar-refractivity contribution in [3.8, 4) is 0 Å². The van der Waals surface area contributed by atoms with Crippen LogP contribution in [0.3, 0.4) is 0 Å². The second kappa shape index (κ2) is 7.58. The van der Waals surface area contributed by atoms with Crippen molar-refractivity contribution in [3.05, 3.63) is 34.6 Å². The highest BCUT2D eigenvalue weighted by Crippen LogP contribution is 2.30. The van der Waals surface area contributed by atoms with E-state index in [2.05, 4.69) is 35.7 Å². The first-order chi connectivity index (χ1) is 11.5. The molecule has 25 heavy (non-hydrogen) atoms. The number of nitrogens with two attached hydrogens (primary N) is 1. The molecule has 2 N–H and O–H groups in total. The lowest BCUT2D eigenvalue weighted by Crippen LogP contribution is -2.30. The lowest BCUT2D eigenvalue weighted by Gasteiger charge is -2.26. The van der Waals surface area contributed by atoms with Gasteiger partial charge in [-0.1, -0.05) is 26.8 Å². The van der Waals surface area contributed by atoms with Crippen LogP contribution in [0.1, 0.15) is 36.7 Å². The summed E-state index contributed by atoms with van der Waals surface area (Å²) in [6.45, 7) is 9.14. The van der Waals surface area contributed by atoms with Gasteiger partial charge in [-0.25, -0.2) is 0 Å². The van der Waals surface area contributed by atoms with Crippen LogP contribution in [0.5, 0.6) is 0 Å². The SMILES string of the molecule is Cc1ccc(C(N)=O)cc1Sc1nc(Cl)nc(N(C)CC(C)(C)C)n1. The molecule has 6 nitrogen and oxygen atoms in total. The van der Waals surface area contributed by atoms with E-state index in [0.29, 0.717) is 16.7 Å². The van der Waals surface area contributed by atoms with Gasteiger partial charge in [0.15, 0.2) is 5.16 Å². The molecule has 0 saturated carbocycles. The van der Waals surface area contributed by atoms with E-state index in [1.54, 1.807) is 12.1 Å². The van der Waals surface area contributed by atoms with E-state index in [4.69, 9.17) is 17.3 Å². The van der Waals surface area contributed by atoms with Gasteiger partial charge in [-0.2, -0.15) is 15.0 Å². The van der Waals surface area contributed by atoms with Crippen LogP contribution in [-0.2, 0) is 0 Å². The van der Waals surface area contributed by atoms with Crippen molar-refractivity contribution >= 4 is 35.2 Å². The van der Waals surface area contributed by atoms with Crippen molar-refractivity contribution in [1.82, 2.24) is 15.0 Å². The van der Waals surface area contributed by atoms with Crippen LogP contribution < -0.4 is 10.6 Å². The Morgan fingerprint density at radius 2 is 1.96 bits per heavy atom. The number of benzene rings is 1. The highest BCUT2D eigenvalue weighted by atomic mass is 35.5. The quantitative estimate of drug-likeness (QED) is 0.854. The molecule has 0 aliphatic rings. The maximum Gasteiger partial charge on any atom is 0.248 e. The first kappa shape index (κ1) is 19.5. The average molecular weight is 380 g/mol. The minimum Gasteiger partial charge on any atom is -0.366 e. The topological polar surface area (TPSA) is 85.0 Å². The largest absolute Gasteiger partial charge is 0.366 e. The van der Waals surface area contributed by atoms with E-state index in [1.807, 2.05) is 24.9 Å². The number of amides is 1. The number of nitrogens with zero attached hydrogens (tertiary/aromatic N) is 4. The summed E-state index contributed by atoms with van der Waals surface area (Å²) in [5, 5.41) is 0.609. The fourth-order valence-electron chi connectivity index (χ4n) is 2.28. The van der Waals surface area contributed by atoms with Crippen LogP contribution in [0.4, 0.5) is 5.95 Å². The van der Waals surface area contributed by atoms with Gasteiger partial charge in [0.05, 0.1) is 0 Å². The molecule has 0 aliphatic carbocycles. The average Bonchev–Trinajstić information content (AvgIpc) is 2.47. The Kier molecular flexibility index (Phi) is 5.90. The third-order valence-electron chi connectivity index (χ3n) is 3.30. The number of halogens is 1. The van der Waals surface area contributed by atoms with Gasteiger partial charge in [0.1, 0.15) is 0 Å². The molecule has 8 heteroatoms. The summed E-state index contributed by atoms with van der Waals surface area (Å²) < 4.78 is 0. The Balaban J connectivity index is 2.32. The Hall–Kier alpha value is -1.86. The van der Waals surface area contributed by atoms with E-state index in [1.165, 1.54) is 11.8 Å². The standard InChI is InChI=1S/C17H22ClN5OS/c1-10-6-7-11(13(19)24)8-12(10)25-16-21-14(18)20-15(22-16)23(5)9-17(2,3)4/h6-8H,9H2,1-5H3,(H2,19,24). The summed E-state index contributed by atoms with van der Waals surface area (Å²) in [4.78, 5) is 27.1. The number of rotatable bonds is 5. The molecule has 0 saturated heterocycles. The van der Waals surface area contributed by atoms with E-state index >= 15 is 0 Å². The second-order valence-corrected chi connectivity index (χ2v) is 8.40. The molecular formula is C17H22ClN5OS. The molecule has 0 fully saturated rings. The molecule has 0 atom stereocenters. The minimum absolute atomic E-state index is 0.0908. The zero-order valence-corrected chi connectivity index (χ0v) is 16.6. The van der Waals surface area contributed by atoms with Crippen LogP contribution in [0.25, 0.3) is 0 Å². The Morgan fingerprint density at radius 3 is 2.56 bits per heavy atom. The Morgan fingerprint density at radius 1 is 1.28 bits per heavy atom. The van der Waals surface area contributed by atoms with E-state index < -0.39 is 5.91 Å². The lowest BCUT2D eigenvalue weighted by atomic mass is 9.96. The third-order valence-corrected chi connectivity index (χ3v) is 4.50. The van der Waals surface area contributed by atoms with E-state index in [-0.39, 0.29) is 10.7 Å². The molecule has 1 aromatic carbocycles. The molecule has 1 amide bonds. The second-order valence-electron chi connectivity index (χ2n) is 7.05. The fraction of sp³-hybridized carbons (Fsp3) is 0.412. The van der Waals surface area contributed by atoms with Crippen molar-refractivity contribution in [1.29, 1.82) is 0 Å². The zero-order valence-electron chi connectivity index (χ0n) is 15.0. The summed E-state index contributed by atoms with van der Waals surface area (Å²) in [5.74, 6) is 0.0438. The van der Waals surface area contributed by atoms with Crippen molar-refractivity contribution in [2.24, 2.45) is 11.1 Å². The maximum absolute atomic E-state index is 11.4. The molecular weight excluding hydrogens is 358 g/mol. The van der Waals surface area contributed by atoms with Crippen LogP contribution in [0.15, 0.2) is 28.3 Å². The molecule has 2 rings (SSSR count). The monoisotopic (exact) mass is 379 g/mol. The van der Waals surface area contributed by atoms with Gasteiger partial charge in [0, 0.05) is 24.1 Å². The molecule has 1 heterocycles. The number of hydrogen-bond donors (Lipinski definition) is 1. The van der Waals surface area contributed by atoms with Crippen molar-refractivity contribution in [2.45, 2.75) is 37.7 Å². The first-order valence-electron chi connectivity index (χ1n) is 7.76. The summed E-state index contributed by atoms with van der Waals surface area (Å²) in [6, 6.07) is 5.28. The summed E-state index contributed by atoms with van der Waals surface area (Å²) >= 11 is 7.41. The maximum atomic E-state index is 11.4. The Bertz CT molecular complexity index is 791. The van der Waals surface area contributed by atoms with Gasteiger partial charge in [0.25, 0.3) is 0 Å². The molecule has 0 bridgehead atoms. The van der Waals surface area contributed by atoms with Crippen molar-refractivity contribution < 1.29 is 4.79 Å². The summed E-state index contributed by atoms with van der Waals surface area (Å²) in [7, 11) is 1.92. The molecule has 0 aliphatic heterocycles. The predicted octanol–water partition coefficient (Wildman–Crippen LogP) is 3.57. The summed E-state index contributed by atoms with van der Waals surface area (Å²) in [6.07, 6.45) is 0. The number of hydrogen-bond acceptors (Lipinski definition) is 6. The van der Waals surface area contributed by atoms with E-state index in [9.17, 15) is 4.79 Å². The first-order valence-corrected chi connectivity index (χ1v) is 8.95. The van der Waals surface area contributed by atoms with Gasteiger partial charge in [-0.05, 0) is 53.4 Å². The van der Waals surface area contributed by atoms with Gasteiger partial charge >= 0.3 is 0 Å². The highest BCUT2D eigenvalue weighted by Gasteiger charge is 2.18. The highest BCUT2D eigenvalue weighted by molar-refractivity contribution is 7.99. The van der Waals surface area contributed by atoms with Gasteiger partial charge < -0.3 is 10.6 Å². The number of aromatic nitrogens is 3. The Labute approximate surface area is 157 Å². The van der Waals surface area contributed by atoms with Crippen LogP contribution in [0, 0.1) is 12.3 Å². The van der Waals surface area contributed by atoms with Gasteiger partial charge in [-0.3, -0.25) is 4.79 Å². The number of carbonyl (C=O) groups is 1. The normalized spacial score (nSPS) is 11.4. The van der Waals surface area contributed by atoms with Crippen LogP contribution in [-0.4, -0.2) is 34.5 Å². The molecule has 2 aromatic rings. The van der Waals surface area contributed by atoms with Crippen LogP contribution in [0.2, 0.25) is 5.28 Å².